The summed E-state index contributed by atoms with van der Waals surface area (Å²) in [6.07, 6.45) is 3.57. The second-order valence-electron chi connectivity index (χ2n) is 5.64. The third-order valence-corrected chi connectivity index (χ3v) is 5.66. The summed E-state index contributed by atoms with van der Waals surface area (Å²) >= 11 is 0. The fourth-order valence-electron chi connectivity index (χ4n) is 2.55. The first-order valence-corrected chi connectivity index (χ1v) is 9.22. The molecule has 0 bridgehead atoms. The molecule has 2 aromatic rings. The van der Waals surface area contributed by atoms with Crippen LogP contribution < -0.4 is 5.32 Å². The number of hydrogen-bond acceptors (Lipinski definition) is 5. The second-order valence-corrected chi connectivity index (χ2v) is 7.87. The van der Waals surface area contributed by atoms with Gasteiger partial charge in [0.05, 0.1) is 17.1 Å². The molecule has 0 aliphatic carbocycles. The van der Waals surface area contributed by atoms with Gasteiger partial charge in [-0.15, -0.1) is 0 Å². The van der Waals surface area contributed by atoms with E-state index in [4.69, 9.17) is 0 Å². The Balaban J connectivity index is 1.60. The Kier molecular flexibility index (Phi) is 4.38. The number of carbonyl (C=O) groups is 1. The summed E-state index contributed by atoms with van der Waals surface area (Å²) in [6.45, 7) is 0.360. The van der Waals surface area contributed by atoms with Crippen molar-refractivity contribution in [3.05, 3.63) is 48.3 Å². The number of aromatic nitrogens is 2. The fraction of sp³-hybridized carbons (Fsp3) is 0.312. The summed E-state index contributed by atoms with van der Waals surface area (Å²) in [7, 11) is -2.92. The molecule has 3 rings (SSSR count). The van der Waals surface area contributed by atoms with Gasteiger partial charge >= 0.3 is 0 Å². The zero-order valence-electron chi connectivity index (χ0n) is 12.5. The Bertz CT molecular complexity index is 789. The molecule has 0 spiro atoms. The van der Waals surface area contributed by atoms with E-state index in [1.807, 2.05) is 30.3 Å². The molecule has 120 valence electrons. The molecule has 6 nitrogen and oxygen atoms in total. The smallest absolute Gasteiger partial charge is 0.254 e. The van der Waals surface area contributed by atoms with E-state index in [1.165, 1.54) is 12.4 Å². The zero-order valence-corrected chi connectivity index (χ0v) is 13.3. The molecule has 1 unspecified atom stereocenters. The molecule has 1 aromatic heterocycles. The molecule has 7 heteroatoms. The maximum atomic E-state index is 12.1. The van der Waals surface area contributed by atoms with Crippen LogP contribution in [0, 0.1) is 5.92 Å². The lowest BCUT2D eigenvalue weighted by molar-refractivity contribution is 0.0947. The highest BCUT2D eigenvalue weighted by molar-refractivity contribution is 7.91. The average molecular weight is 331 g/mol. The fourth-order valence-corrected chi connectivity index (χ4v) is 4.42. The van der Waals surface area contributed by atoms with E-state index in [0.29, 0.717) is 24.4 Å². The van der Waals surface area contributed by atoms with Crippen LogP contribution in [0.2, 0.25) is 0 Å². The molecule has 1 N–H and O–H groups in total. The lowest BCUT2D eigenvalue weighted by Gasteiger charge is -2.09. The van der Waals surface area contributed by atoms with Gasteiger partial charge in [0, 0.05) is 24.5 Å². The van der Waals surface area contributed by atoms with E-state index in [9.17, 15) is 13.2 Å². The van der Waals surface area contributed by atoms with E-state index in [0.717, 1.165) is 5.56 Å². The first-order chi connectivity index (χ1) is 11.0. The number of benzene rings is 1. The van der Waals surface area contributed by atoms with Crippen LogP contribution in [0.5, 0.6) is 0 Å². The quantitative estimate of drug-likeness (QED) is 0.912. The lowest BCUT2D eigenvalue weighted by Crippen LogP contribution is -2.30. The van der Waals surface area contributed by atoms with Crippen LogP contribution in [0.1, 0.15) is 16.8 Å². The van der Waals surface area contributed by atoms with Crippen molar-refractivity contribution in [3.63, 3.8) is 0 Å². The Morgan fingerprint density at radius 1 is 1.17 bits per heavy atom. The highest BCUT2D eigenvalue weighted by Gasteiger charge is 2.28. The minimum atomic E-state index is -2.92. The Morgan fingerprint density at radius 2 is 1.87 bits per heavy atom. The highest BCUT2D eigenvalue weighted by atomic mass is 32.2. The molecule has 23 heavy (non-hydrogen) atoms. The van der Waals surface area contributed by atoms with Gasteiger partial charge in [0.15, 0.2) is 15.7 Å². The van der Waals surface area contributed by atoms with Gasteiger partial charge in [-0.1, -0.05) is 30.3 Å². The van der Waals surface area contributed by atoms with E-state index in [-0.39, 0.29) is 23.3 Å². The Hall–Kier alpha value is -2.28. The molecule has 2 heterocycles. The van der Waals surface area contributed by atoms with Gasteiger partial charge in [0.2, 0.25) is 0 Å². The molecular weight excluding hydrogens is 314 g/mol. The third kappa shape index (κ3) is 3.92. The van der Waals surface area contributed by atoms with Crippen molar-refractivity contribution >= 4 is 15.7 Å². The lowest BCUT2D eigenvalue weighted by atomic mass is 10.1. The van der Waals surface area contributed by atoms with Gasteiger partial charge in [0.1, 0.15) is 0 Å². The van der Waals surface area contributed by atoms with Crippen molar-refractivity contribution in [2.45, 2.75) is 6.42 Å². The Morgan fingerprint density at radius 3 is 2.48 bits per heavy atom. The molecule has 1 amide bonds. The topological polar surface area (TPSA) is 89.0 Å². The third-order valence-electron chi connectivity index (χ3n) is 3.82. The SMILES string of the molecule is O=C(NCC1CCS(=O)(=O)C1)c1cnc(-c2ccccc2)nc1. The number of carbonyl (C=O) groups excluding carboxylic acids is 1. The average Bonchev–Trinajstić information content (AvgIpc) is 2.93. The van der Waals surface area contributed by atoms with Crippen LogP contribution in [-0.4, -0.2) is 42.3 Å². The second kappa shape index (κ2) is 6.45. The Labute approximate surface area is 134 Å². The first-order valence-electron chi connectivity index (χ1n) is 7.39. The van der Waals surface area contributed by atoms with Crippen LogP contribution in [0.15, 0.2) is 42.7 Å². The van der Waals surface area contributed by atoms with Gasteiger partial charge in [-0.05, 0) is 12.3 Å². The predicted octanol–water partition coefficient (Wildman–Crippen LogP) is 1.31. The normalized spacial score (nSPS) is 19.4. The molecule has 1 aliphatic heterocycles. The molecule has 0 saturated carbocycles. The molecule has 1 atom stereocenters. The van der Waals surface area contributed by atoms with Crippen molar-refractivity contribution in [1.29, 1.82) is 0 Å². The molecule has 1 saturated heterocycles. The summed E-state index contributed by atoms with van der Waals surface area (Å²) < 4.78 is 22.8. The first kappa shape index (κ1) is 15.6. The van der Waals surface area contributed by atoms with Gasteiger partial charge < -0.3 is 5.32 Å². The van der Waals surface area contributed by atoms with E-state index in [1.54, 1.807) is 0 Å². The maximum Gasteiger partial charge on any atom is 0.254 e. The number of nitrogens with zero attached hydrogens (tertiary/aromatic N) is 2. The van der Waals surface area contributed by atoms with E-state index in [2.05, 4.69) is 15.3 Å². The highest BCUT2D eigenvalue weighted by Crippen LogP contribution is 2.17. The van der Waals surface area contributed by atoms with Crippen molar-refractivity contribution < 1.29 is 13.2 Å². The van der Waals surface area contributed by atoms with Gasteiger partial charge in [0.25, 0.3) is 5.91 Å². The molecule has 1 fully saturated rings. The maximum absolute atomic E-state index is 12.1. The van der Waals surface area contributed by atoms with Crippen molar-refractivity contribution in [3.8, 4) is 11.4 Å². The molecular formula is C16H17N3O3S. The van der Waals surface area contributed by atoms with Gasteiger partial charge in [-0.25, -0.2) is 18.4 Å². The molecule has 1 aliphatic rings. The summed E-state index contributed by atoms with van der Waals surface area (Å²) in [6, 6.07) is 9.50. The minimum absolute atomic E-state index is 0.00606. The minimum Gasteiger partial charge on any atom is -0.352 e. The predicted molar refractivity (Wildman–Crippen MR) is 86.6 cm³/mol. The standard InChI is InChI=1S/C16H17N3O3S/c20-16(19-8-12-6-7-23(21,22)11-12)14-9-17-15(18-10-14)13-4-2-1-3-5-13/h1-5,9-10,12H,6-8,11H2,(H,19,20). The zero-order chi connectivity index (χ0) is 16.3. The summed E-state index contributed by atoms with van der Waals surface area (Å²) in [5.41, 5.74) is 1.25. The number of hydrogen-bond donors (Lipinski definition) is 1. The summed E-state index contributed by atoms with van der Waals surface area (Å²) in [4.78, 5) is 20.5. The van der Waals surface area contributed by atoms with Crippen LogP contribution in [0.25, 0.3) is 11.4 Å². The number of nitrogens with one attached hydrogen (secondary N) is 1. The van der Waals surface area contributed by atoms with E-state index >= 15 is 0 Å². The number of amides is 1. The summed E-state index contributed by atoms with van der Waals surface area (Å²) in [5, 5.41) is 2.75. The largest absolute Gasteiger partial charge is 0.352 e. The summed E-state index contributed by atoms with van der Waals surface area (Å²) in [5.74, 6) is 0.630. The number of rotatable bonds is 4. The van der Waals surface area contributed by atoms with Crippen molar-refractivity contribution in [2.24, 2.45) is 5.92 Å². The monoisotopic (exact) mass is 331 g/mol. The molecule has 0 radical (unpaired) electrons. The van der Waals surface area contributed by atoms with Gasteiger partial charge in [-0.2, -0.15) is 0 Å². The molecule has 1 aromatic carbocycles. The van der Waals surface area contributed by atoms with Crippen LogP contribution in [-0.2, 0) is 9.84 Å². The van der Waals surface area contributed by atoms with Crippen LogP contribution in [0.4, 0.5) is 0 Å². The van der Waals surface area contributed by atoms with Crippen LogP contribution >= 0.6 is 0 Å². The van der Waals surface area contributed by atoms with Gasteiger partial charge in [-0.3, -0.25) is 4.79 Å². The number of sulfone groups is 1. The van der Waals surface area contributed by atoms with Crippen molar-refractivity contribution in [1.82, 2.24) is 15.3 Å². The van der Waals surface area contributed by atoms with Crippen LogP contribution in [0.3, 0.4) is 0 Å². The van der Waals surface area contributed by atoms with Crippen molar-refractivity contribution in [2.75, 3.05) is 18.1 Å². The van der Waals surface area contributed by atoms with E-state index < -0.39 is 9.84 Å².